The van der Waals surface area contributed by atoms with Crippen molar-refractivity contribution in [1.29, 1.82) is 0 Å². The number of methoxy groups -OCH3 is 2. The van der Waals surface area contributed by atoms with Crippen molar-refractivity contribution >= 4 is 22.9 Å². The first-order valence-corrected chi connectivity index (χ1v) is 13.8. The minimum Gasteiger partial charge on any atom is -0.497 e. The quantitative estimate of drug-likeness (QED) is 0.276. The maximum absolute atomic E-state index is 12.8. The van der Waals surface area contributed by atoms with E-state index in [1.54, 1.807) is 25.3 Å². The molecule has 1 fully saturated rings. The van der Waals surface area contributed by atoms with E-state index in [2.05, 4.69) is 10.3 Å². The van der Waals surface area contributed by atoms with Gasteiger partial charge in [-0.1, -0.05) is 12.1 Å². The van der Waals surface area contributed by atoms with Gasteiger partial charge in [-0.25, -0.2) is 14.5 Å². The number of nitrogens with zero attached hydrogens (tertiary/aromatic N) is 4. The van der Waals surface area contributed by atoms with E-state index in [0.717, 1.165) is 35.3 Å². The molecule has 1 saturated heterocycles. The smallest absolute Gasteiger partial charge is 0.410 e. The molecule has 0 radical (unpaired) electrons. The summed E-state index contributed by atoms with van der Waals surface area (Å²) in [5, 5.41) is 9.33. The van der Waals surface area contributed by atoms with Gasteiger partial charge in [0.15, 0.2) is 11.5 Å². The molecule has 4 aromatic rings. The molecule has 0 aliphatic carbocycles. The Hall–Kier alpha value is -4.47. The number of rotatable bonds is 8. The molecule has 41 heavy (non-hydrogen) atoms. The lowest BCUT2D eigenvalue weighted by molar-refractivity contribution is 0.0206. The molecule has 1 amide bonds. The summed E-state index contributed by atoms with van der Waals surface area (Å²) in [7, 11) is 3.28. The minimum atomic E-state index is -0.548. The van der Waals surface area contributed by atoms with Crippen LogP contribution in [0.15, 0.2) is 60.8 Å². The average Bonchev–Trinajstić information content (AvgIpc) is 3.30. The Kier molecular flexibility index (Phi) is 8.19. The first-order valence-electron chi connectivity index (χ1n) is 13.8. The number of piperidine rings is 1. The van der Waals surface area contributed by atoms with E-state index in [1.807, 2.05) is 80.1 Å². The maximum atomic E-state index is 12.8. The Morgan fingerprint density at radius 3 is 2.29 bits per heavy atom. The zero-order valence-corrected chi connectivity index (χ0v) is 24.2. The number of hydrogen-bond acceptors (Lipinski definition) is 8. The van der Waals surface area contributed by atoms with Gasteiger partial charge in [0, 0.05) is 31.4 Å². The standard InChI is InChI=1S/C31H37N5O5/c1-31(2,3)41-30(37)35-18-6-7-22(20-35)33-28-27-26(40-25-14-12-24(39-5)13-15-25)16-17-32-29(27)36(34-28)19-21-8-10-23(38-4)11-9-21/h8-17,22H,6-7,18-20H2,1-5H3,(H,33,34)/t22-/m1/s1. The molecule has 0 saturated carbocycles. The molecule has 5 rings (SSSR count). The molecular formula is C31H37N5O5. The van der Waals surface area contributed by atoms with Crippen molar-refractivity contribution in [2.45, 2.75) is 51.8 Å². The summed E-state index contributed by atoms with van der Waals surface area (Å²) in [5.74, 6) is 3.49. The fourth-order valence-electron chi connectivity index (χ4n) is 4.82. The Morgan fingerprint density at radius 1 is 0.976 bits per heavy atom. The second-order valence-electron chi connectivity index (χ2n) is 11.0. The van der Waals surface area contributed by atoms with Gasteiger partial charge in [0.1, 0.15) is 34.0 Å². The van der Waals surface area contributed by atoms with Gasteiger partial charge in [0.05, 0.1) is 20.8 Å². The van der Waals surface area contributed by atoms with E-state index in [-0.39, 0.29) is 12.1 Å². The van der Waals surface area contributed by atoms with Gasteiger partial charge in [0.2, 0.25) is 0 Å². The van der Waals surface area contributed by atoms with Crippen molar-refractivity contribution in [3.05, 3.63) is 66.4 Å². The Bertz CT molecular complexity index is 1480. The fourth-order valence-corrected chi connectivity index (χ4v) is 4.82. The molecule has 10 heteroatoms. The number of fused-ring (bicyclic) bond motifs is 1. The van der Waals surface area contributed by atoms with Gasteiger partial charge in [0.25, 0.3) is 0 Å². The molecule has 0 spiro atoms. The molecule has 1 N–H and O–H groups in total. The summed E-state index contributed by atoms with van der Waals surface area (Å²) in [6.45, 7) is 7.32. The maximum Gasteiger partial charge on any atom is 0.410 e. The summed E-state index contributed by atoms with van der Waals surface area (Å²) in [6, 6.07) is 17.1. The highest BCUT2D eigenvalue weighted by molar-refractivity contribution is 5.93. The van der Waals surface area contributed by atoms with Gasteiger partial charge in [-0.3, -0.25) is 0 Å². The van der Waals surface area contributed by atoms with E-state index in [9.17, 15) is 4.79 Å². The Balaban J connectivity index is 1.46. The molecule has 216 valence electrons. The number of ether oxygens (including phenoxy) is 4. The first-order chi connectivity index (χ1) is 19.7. The van der Waals surface area contributed by atoms with Crippen molar-refractivity contribution in [3.8, 4) is 23.0 Å². The number of hydrogen-bond donors (Lipinski definition) is 1. The zero-order valence-electron chi connectivity index (χ0n) is 24.2. The lowest BCUT2D eigenvalue weighted by Gasteiger charge is -2.34. The number of likely N-dealkylation sites (tertiary alicyclic amines) is 1. The molecule has 0 bridgehead atoms. The van der Waals surface area contributed by atoms with Gasteiger partial charge < -0.3 is 29.2 Å². The second-order valence-corrected chi connectivity index (χ2v) is 11.0. The normalized spacial score (nSPS) is 15.4. The van der Waals surface area contributed by atoms with Crippen LogP contribution in [0.25, 0.3) is 11.0 Å². The average molecular weight is 560 g/mol. The van der Waals surface area contributed by atoms with Gasteiger partial charge in [-0.2, -0.15) is 5.10 Å². The summed E-state index contributed by atoms with van der Waals surface area (Å²) in [4.78, 5) is 19.2. The lowest BCUT2D eigenvalue weighted by atomic mass is 10.1. The highest BCUT2D eigenvalue weighted by atomic mass is 16.6. The molecule has 2 aromatic carbocycles. The number of carbonyl (C=O) groups excluding carboxylic acids is 1. The number of carbonyl (C=O) groups is 1. The number of benzene rings is 2. The number of anilines is 1. The zero-order chi connectivity index (χ0) is 29.0. The summed E-state index contributed by atoms with van der Waals surface area (Å²) >= 11 is 0. The topological polar surface area (TPSA) is 100.0 Å². The van der Waals surface area contributed by atoms with Gasteiger partial charge >= 0.3 is 6.09 Å². The molecule has 0 unspecified atom stereocenters. The lowest BCUT2D eigenvalue weighted by Crippen LogP contribution is -2.47. The van der Waals surface area contributed by atoms with E-state index < -0.39 is 5.60 Å². The van der Waals surface area contributed by atoms with Crippen LogP contribution in [0.1, 0.15) is 39.2 Å². The van der Waals surface area contributed by atoms with Crippen molar-refractivity contribution in [2.75, 3.05) is 32.6 Å². The van der Waals surface area contributed by atoms with Gasteiger partial charge in [-0.15, -0.1) is 0 Å². The Morgan fingerprint density at radius 2 is 1.63 bits per heavy atom. The third-order valence-electron chi connectivity index (χ3n) is 6.79. The van der Waals surface area contributed by atoms with Crippen molar-refractivity contribution in [2.24, 2.45) is 0 Å². The third-order valence-corrected chi connectivity index (χ3v) is 6.79. The molecule has 1 aliphatic heterocycles. The van der Waals surface area contributed by atoms with Crippen molar-refractivity contribution < 1.29 is 23.7 Å². The summed E-state index contributed by atoms with van der Waals surface area (Å²) in [6.07, 6.45) is 3.17. The van der Waals surface area contributed by atoms with Crippen LogP contribution >= 0.6 is 0 Å². The second kappa shape index (κ2) is 12.0. The van der Waals surface area contributed by atoms with Crippen LogP contribution in [0.4, 0.5) is 10.6 Å². The molecule has 1 aliphatic rings. The van der Waals surface area contributed by atoms with E-state index >= 15 is 0 Å². The van der Waals surface area contributed by atoms with E-state index in [1.165, 1.54) is 0 Å². The number of pyridine rings is 1. The first kappa shape index (κ1) is 28.1. The minimum absolute atomic E-state index is 0.0159. The van der Waals surface area contributed by atoms with Gasteiger partial charge in [-0.05, 0) is 75.6 Å². The van der Waals surface area contributed by atoms with Crippen LogP contribution in [0.3, 0.4) is 0 Å². The molecular weight excluding hydrogens is 522 g/mol. The van der Waals surface area contributed by atoms with Crippen LogP contribution in [0, 0.1) is 0 Å². The van der Waals surface area contributed by atoms with Crippen LogP contribution in [-0.4, -0.2) is 64.7 Å². The van der Waals surface area contributed by atoms with Crippen LogP contribution in [0.5, 0.6) is 23.0 Å². The summed E-state index contributed by atoms with van der Waals surface area (Å²) < 4.78 is 24.4. The largest absolute Gasteiger partial charge is 0.497 e. The predicted octanol–water partition coefficient (Wildman–Crippen LogP) is 6.10. The van der Waals surface area contributed by atoms with Crippen LogP contribution < -0.4 is 19.5 Å². The number of nitrogens with one attached hydrogen (secondary N) is 1. The van der Waals surface area contributed by atoms with Crippen molar-refractivity contribution in [1.82, 2.24) is 19.7 Å². The molecule has 3 heterocycles. The SMILES string of the molecule is COc1ccc(Cn2nc(N[C@@H]3CCCN(C(=O)OC(C)(C)C)C3)c3c(Oc4ccc(OC)cc4)ccnc32)cc1. The van der Waals surface area contributed by atoms with Crippen LogP contribution in [0.2, 0.25) is 0 Å². The van der Waals surface area contributed by atoms with Crippen molar-refractivity contribution in [3.63, 3.8) is 0 Å². The Labute approximate surface area is 240 Å². The summed E-state index contributed by atoms with van der Waals surface area (Å²) in [5.41, 5.74) is 1.20. The van der Waals surface area contributed by atoms with E-state index in [0.29, 0.717) is 42.6 Å². The monoisotopic (exact) mass is 559 g/mol. The third kappa shape index (κ3) is 6.82. The highest BCUT2D eigenvalue weighted by Crippen LogP contribution is 2.35. The predicted molar refractivity (Wildman–Crippen MR) is 157 cm³/mol. The highest BCUT2D eigenvalue weighted by Gasteiger charge is 2.29. The number of amides is 1. The molecule has 10 nitrogen and oxygen atoms in total. The molecule has 2 aromatic heterocycles. The van der Waals surface area contributed by atoms with E-state index in [4.69, 9.17) is 24.0 Å². The number of aromatic nitrogens is 3. The fraction of sp³-hybridized carbons (Fsp3) is 0.387. The molecule has 1 atom stereocenters. The van der Waals surface area contributed by atoms with Crippen LogP contribution in [-0.2, 0) is 11.3 Å².